The second kappa shape index (κ2) is 9.73. The Morgan fingerprint density at radius 3 is 2.62 bits per heavy atom. The summed E-state index contributed by atoms with van der Waals surface area (Å²) in [4.78, 5) is 21.2. The number of ether oxygens (including phenoxy) is 2. The molecule has 1 amide bonds. The van der Waals surface area contributed by atoms with Crippen molar-refractivity contribution in [2.24, 2.45) is 0 Å². The molecule has 0 spiro atoms. The number of carbonyl (C=O) groups is 1. The van der Waals surface area contributed by atoms with Crippen LogP contribution in [0, 0.1) is 0 Å². The largest absolute Gasteiger partial charge is 0.497 e. The molecule has 32 heavy (non-hydrogen) atoms. The van der Waals surface area contributed by atoms with Gasteiger partial charge in [0.25, 0.3) is 5.91 Å². The maximum absolute atomic E-state index is 13.0. The lowest BCUT2D eigenvalue weighted by Crippen LogP contribution is -2.25. The van der Waals surface area contributed by atoms with Crippen LogP contribution >= 0.6 is 0 Å². The Labute approximate surface area is 188 Å². The Bertz CT molecular complexity index is 1250. The molecule has 4 rings (SSSR count). The molecular formula is C26H29N3O3. The van der Waals surface area contributed by atoms with Gasteiger partial charge in [-0.15, -0.1) is 0 Å². The molecule has 6 nitrogen and oxygen atoms in total. The highest BCUT2D eigenvalue weighted by atomic mass is 16.5. The maximum Gasteiger partial charge on any atom is 0.269 e. The number of carbonyl (C=O) groups excluding carboxylic acids is 1. The summed E-state index contributed by atoms with van der Waals surface area (Å²) in [5.74, 6) is 1.16. The number of para-hydroxylation sites is 1. The van der Waals surface area contributed by atoms with Crippen LogP contribution in [0.4, 0.5) is 0 Å². The van der Waals surface area contributed by atoms with Crippen molar-refractivity contribution in [3.05, 3.63) is 54.2 Å². The van der Waals surface area contributed by atoms with E-state index in [1.54, 1.807) is 14.2 Å². The number of fused-ring (bicyclic) bond motifs is 3. The number of rotatable bonds is 9. The average Bonchev–Trinajstić information content (AvgIpc) is 3.21. The lowest BCUT2D eigenvalue weighted by molar-refractivity contribution is 0.0948. The Hall–Kier alpha value is -3.54. The first kappa shape index (κ1) is 21.7. The number of amides is 1. The summed E-state index contributed by atoms with van der Waals surface area (Å²) in [6.45, 7) is 2.82. The molecule has 0 unspecified atom stereocenters. The molecule has 2 heterocycles. The van der Waals surface area contributed by atoms with Crippen molar-refractivity contribution >= 4 is 27.7 Å². The minimum atomic E-state index is -0.164. The zero-order valence-corrected chi connectivity index (χ0v) is 18.8. The molecule has 2 N–H and O–H groups in total. The van der Waals surface area contributed by atoms with Gasteiger partial charge in [0, 0.05) is 34.5 Å². The lowest BCUT2D eigenvalue weighted by Gasteiger charge is -2.12. The van der Waals surface area contributed by atoms with E-state index in [2.05, 4.69) is 23.3 Å². The van der Waals surface area contributed by atoms with Gasteiger partial charge in [0.05, 0.1) is 25.4 Å². The van der Waals surface area contributed by atoms with Crippen LogP contribution in [0.3, 0.4) is 0 Å². The van der Waals surface area contributed by atoms with Gasteiger partial charge < -0.3 is 19.8 Å². The molecule has 0 aliphatic heterocycles. The van der Waals surface area contributed by atoms with Crippen molar-refractivity contribution < 1.29 is 14.3 Å². The average molecular weight is 432 g/mol. The van der Waals surface area contributed by atoms with Crippen molar-refractivity contribution in [3.63, 3.8) is 0 Å². The molecule has 166 valence electrons. The van der Waals surface area contributed by atoms with E-state index < -0.39 is 0 Å². The highest BCUT2D eigenvalue weighted by Gasteiger charge is 2.19. The third kappa shape index (κ3) is 4.26. The molecule has 4 aromatic rings. The fourth-order valence-corrected chi connectivity index (χ4v) is 4.00. The Morgan fingerprint density at radius 2 is 1.84 bits per heavy atom. The summed E-state index contributed by atoms with van der Waals surface area (Å²) in [7, 11) is 3.24. The van der Waals surface area contributed by atoms with E-state index in [-0.39, 0.29) is 5.91 Å². The first-order valence-electron chi connectivity index (χ1n) is 11.1. The summed E-state index contributed by atoms with van der Waals surface area (Å²) < 4.78 is 11.0. The van der Waals surface area contributed by atoms with Crippen LogP contribution in [0.1, 0.15) is 43.1 Å². The van der Waals surface area contributed by atoms with Gasteiger partial charge in [0.1, 0.15) is 17.2 Å². The Morgan fingerprint density at radius 1 is 1.00 bits per heavy atom. The first-order valence-corrected chi connectivity index (χ1v) is 11.1. The number of pyridine rings is 1. The molecule has 0 atom stereocenters. The summed E-state index contributed by atoms with van der Waals surface area (Å²) in [5.41, 5.74) is 3.73. The van der Waals surface area contributed by atoms with Gasteiger partial charge in [-0.2, -0.15) is 0 Å². The highest BCUT2D eigenvalue weighted by molar-refractivity contribution is 6.13. The molecule has 0 saturated carbocycles. The Kier molecular flexibility index (Phi) is 6.59. The first-order chi connectivity index (χ1) is 15.7. The predicted molar refractivity (Wildman–Crippen MR) is 129 cm³/mol. The molecule has 2 aromatic heterocycles. The monoisotopic (exact) mass is 431 g/mol. The molecule has 0 bridgehead atoms. The summed E-state index contributed by atoms with van der Waals surface area (Å²) in [6, 6.07) is 15.5. The Balaban J connectivity index is 1.82. The summed E-state index contributed by atoms with van der Waals surface area (Å²) in [5, 5.41) is 5.03. The minimum absolute atomic E-state index is 0.164. The summed E-state index contributed by atoms with van der Waals surface area (Å²) in [6.07, 6.45) is 4.42. The standard InChI is InChI=1S/C26H29N3O3/c1-4-5-6-9-14-27-26(30)22-16-20-18-10-7-8-11-21(18)28-25(20)24(29-22)19-13-12-17(31-2)15-23(19)32-3/h7-8,10-13,15-16,28H,4-6,9,14H2,1-3H3,(H,27,30). The van der Waals surface area contributed by atoms with Crippen LogP contribution in [0.25, 0.3) is 33.1 Å². The number of H-pyrrole nitrogens is 1. The quantitative estimate of drug-likeness (QED) is 0.333. The van der Waals surface area contributed by atoms with Crippen LogP contribution in [0.5, 0.6) is 11.5 Å². The number of nitrogens with one attached hydrogen (secondary N) is 2. The number of unbranched alkanes of at least 4 members (excludes halogenated alkanes) is 3. The molecule has 0 aliphatic carbocycles. The number of hydrogen-bond acceptors (Lipinski definition) is 4. The van der Waals surface area contributed by atoms with E-state index in [1.807, 2.05) is 42.5 Å². The third-order valence-corrected chi connectivity index (χ3v) is 5.71. The fourth-order valence-electron chi connectivity index (χ4n) is 4.00. The van der Waals surface area contributed by atoms with E-state index in [4.69, 9.17) is 14.5 Å². The topological polar surface area (TPSA) is 76.2 Å². The highest BCUT2D eigenvalue weighted by Crippen LogP contribution is 2.38. The SMILES string of the molecule is CCCCCCNC(=O)c1cc2c([nH]c3ccccc32)c(-c2ccc(OC)cc2OC)n1. The van der Waals surface area contributed by atoms with Crippen LogP contribution in [0.15, 0.2) is 48.5 Å². The van der Waals surface area contributed by atoms with Crippen LogP contribution in [-0.2, 0) is 0 Å². The van der Waals surface area contributed by atoms with Gasteiger partial charge >= 0.3 is 0 Å². The normalized spacial score (nSPS) is 11.1. The summed E-state index contributed by atoms with van der Waals surface area (Å²) >= 11 is 0. The predicted octanol–water partition coefficient (Wildman–Crippen LogP) is 5.71. The number of aromatic amines is 1. The third-order valence-electron chi connectivity index (χ3n) is 5.71. The lowest BCUT2D eigenvalue weighted by atomic mass is 10.0. The van der Waals surface area contributed by atoms with Crippen molar-refractivity contribution in [3.8, 4) is 22.8 Å². The fraction of sp³-hybridized carbons (Fsp3) is 0.308. The van der Waals surface area contributed by atoms with Gasteiger partial charge in [-0.05, 0) is 30.7 Å². The van der Waals surface area contributed by atoms with Crippen molar-refractivity contribution in [2.75, 3.05) is 20.8 Å². The van der Waals surface area contributed by atoms with Gasteiger partial charge in [-0.1, -0.05) is 44.4 Å². The van der Waals surface area contributed by atoms with Gasteiger partial charge in [0.2, 0.25) is 0 Å². The zero-order chi connectivity index (χ0) is 22.5. The number of nitrogens with zero attached hydrogens (tertiary/aromatic N) is 1. The van der Waals surface area contributed by atoms with E-state index in [0.717, 1.165) is 40.2 Å². The van der Waals surface area contributed by atoms with Crippen LogP contribution in [0.2, 0.25) is 0 Å². The molecule has 6 heteroatoms. The number of hydrogen-bond donors (Lipinski definition) is 2. The number of aromatic nitrogens is 2. The molecule has 2 aromatic carbocycles. The van der Waals surface area contributed by atoms with Crippen LogP contribution in [-0.4, -0.2) is 36.6 Å². The molecular weight excluding hydrogens is 402 g/mol. The maximum atomic E-state index is 13.0. The van der Waals surface area contributed by atoms with Crippen molar-refractivity contribution in [2.45, 2.75) is 32.6 Å². The van der Waals surface area contributed by atoms with E-state index in [0.29, 0.717) is 29.4 Å². The molecule has 0 fully saturated rings. The van der Waals surface area contributed by atoms with Gasteiger partial charge in [-0.3, -0.25) is 4.79 Å². The minimum Gasteiger partial charge on any atom is -0.497 e. The number of benzene rings is 2. The van der Waals surface area contributed by atoms with Gasteiger partial charge in [-0.25, -0.2) is 4.98 Å². The smallest absolute Gasteiger partial charge is 0.269 e. The molecule has 0 saturated heterocycles. The second-order valence-electron chi connectivity index (χ2n) is 7.83. The van der Waals surface area contributed by atoms with Crippen molar-refractivity contribution in [1.29, 1.82) is 0 Å². The zero-order valence-electron chi connectivity index (χ0n) is 18.8. The van der Waals surface area contributed by atoms with Crippen LogP contribution < -0.4 is 14.8 Å². The molecule has 0 aliphatic rings. The van der Waals surface area contributed by atoms with Crippen molar-refractivity contribution in [1.82, 2.24) is 15.3 Å². The molecule has 0 radical (unpaired) electrons. The second-order valence-corrected chi connectivity index (χ2v) is 7.83. The van der Waals surface area contributed by atoms with E-state index >= 15 is 0 Å². The van der Waals surface area contributed by atoms with E-state index in [1.165, 1.54) is 12.8 Å². The number of methoxy groups -OCH3 is 2. The van der Waals surface area contributed by atoms with E-state index in [9.17, 15) is 4.79 Å². The van der Waals surface area contributed by atoms with Gasteiger partial charge in [0.15, 0.2) is 0 Å².